The maximum Gasteiger partial charge on any atom is 0.481 e. The molecule has 1 aliphatic heterocycles. The van der Waals surface area contributed by atoms with Gasteiger partial charge in [0.15, 0.2) is 17.7 Å². The van der Waals surface area contributed by atoms with Crippen molar-refractivity contribution in [3.63, 3.8) is 0 Å². The third kappa shape index (κ3) is 15.5. The lowest BCUT2D eigenvalue weighted by Gasteiger charge is -2.30. The van der Waals surface area contributed by atoms with E-state index in [0.717, 1.165) is 17.2 Å². The van der Waals surface area contributed by atoms with Crippen LogP contribution in [0.5, 0.6) is 0 Å². The van der Waals surface area contributed by atoms with Crippen LogP contribution < -0.4 is 16.4 Å². The molecule has 2 unspecified atom stereocenters. The number of fused-ring (bicyclic) bond motifs is 1. The molecule has 1 saturated heterocycles. The molecule has 3 rings (SSSR count). The highest BCUT2D eigenvalue weighted by Crippen LogP contribution is 2.61. The number of nitrogens with zero attached hydrogens (tertiary/aromatic N) is 4. The molecule has 1 aliphatic rings. The number of nitrogens with one attached hydrogen (secondary N) is 2. The highest BCUT2D eigenvalue weighted by atomic mass is 32.2. The lowest BCUT2D eigenvalue weighted by atomic mass is 9.87. The number of carboxylic acids is 1. The van der Waals surface area contributed by atoms with Crippen LogP contribution in [0, 0.1) is 5.41 Å². The quantitative estimate of drug-likeness (QED) is 0.0433. The second-order valence-corrected chi connectivity index (χ2v) is 19.0. The average Bonchev–Trinajstić information content (AvgIpc) is 3.63. The lowest BCUT2D eigenvalue weighted by Crippen LogP contribution is -2.46. The van der Waals surface area contributed by atoms with E-state index in [1.165, 1.54) is 32.5 Å². The number of hydrogen-bond acceptors (Lipinski definition) is 19. The van der Waals surface area contributed by atoms with Crippen molar-refractivity contribution >= 4 is 70.0 Å². The van der Waals surface area contributed by atoms with Gasteiger partial charge in [-0.05, 0) is 19.1 Å². The van der Waals surface area contributed by atoms with Gasteiger partial charge in [0, 0.05) is 30.7 Å². The van der Waals surface area contributed by atoms with E-state index in [1.54, 1.807) is 0 Å². The number of rotatable bonds is 24. The predicted molar refractivity (Wildman–Crippen MR) is 194 cm³/mol. The van der Waals surface area contributed by atoms with E-state index in [-0.39, 0.29) is 42.9 Å². The highest BCUT2D eigenvalue weighted by Gasteiger charge is 2.50. The minimum absolute atomic E-state index is 0.0236. The summed E-state index contributed by atoms with van der Waals surface area (Å²) in [5, 5.41) is 45.2. The van der Waals surface area contributed by atoms with Crippen molar-refractivity contribution in [2.24, 2.45) is 5.41 Å². The number of aromatic nitrogens is 4. The summed E-state index contributed by atoms with van der Waals surface area (Å²) in [6.07, 6.45) is -7.14. The fourth-order valence-corrected chi connectivity index (χ4v) is 8.87. The second kappa shape index (κ2) is 20.1. The summed E-state index contributed by atoms with van der Waals surface area (Å²) in [5.41, 5.74) is 2.88. The molecule has 2 aromatic rings. The Labute approximate surface area is 328 Å². The normalized spacial score (nSPS) is 22.6. The van der Waals surface area contributed by atoms with Crippen molar-refractivity contribution in [1.82, 2.24) is 30.2 Å². The number of carbonyl (C=O) groups is 3. The number of nitrogen functional groups attached to an aromatic ring is 1. The zero-order valence-electron chi connectivity index (χ0n) is 30.6. The molecule has 3 heterocycles. The van der Waals surface area contributed by atoms with Crippen molar-refractivity contribution in [3.8, 4) is 0 Å². The fraction of sp³-hybridized carbons (Fsp3) is 0.704. The molecule has 0 bridgehead atoms. The summed E-state index contributed by atoms with van der Waals surface area (Å²) in [5.74, 6) is -1.67. The zero-order valence-corrected chi connectivity index (χ0v) is 34.1. The van der Waals surface area contributed by atoms with E-state index >= 15 is 0 Å². The van der Waals surface area contributed by atoms with Crippen LogP contribution in [-0.4, -0.2) is 145 Å². The van der Waals surface area contributed by atoms with Crippen molar-refractivity contribution in [1.29, 1.82) is 0 Å². The smallest absolute Gasteiger partial charge is 0.481 e. The molecule has 2 amide bonds. The van der Waals surface area contributed by atoms with Gasteiger partial charge in [-0.3, -0.25) is 32.5 Å². The van der Waals surface area contributed by atoms with E-state index < -0.39 is 103 Å². The molecule has 0 aliphatic carbocycles. The molecule has 1 fully saturated rings. The number of carboxylic acid groups (broad SMARTS) is 1. The summed E-state index contributed by atoms with van der Waals surface area (Å²) < 4.78 is 62.0. The number of aliphatic hydroxyl groups is 3. The second-order valence-electron chi connectivity index (χ2n) is 13.5. The maximum atomic E-state index is 12.7. The van der Waals surface area contributed by atoms with Crippen LogP contribution in [0.25, 0.3) is 11.2 Å². The van der Waals surface area contributed by atoms with E-state index in [2.05, 4.69) is 34.4 Å². The van der Waals surface area contributed by atoms with Crippen molar-refractivity contribution in [3.05, 3.63) is 12.7 Å². The van der Waals surface area contributed by atoms with Gasteiger partial charge in [0.05, 0.1) is 31.6 Å². The molecule has 0 radical (unpaired) electrons. The Hall–Kier alpha value is -2.68. The van der Waals surface area contributed by atoms with Crippen LogP contribution in [0.4, 0.5) is 5.82 Å². The number of aliphatic carboxylic acids is 1. The number of aliphatic hydroxyl groups excluding tert-OH is 2. The molecule has 0 aromatic carbocycles. The van der Waals surface area contributed by atoms with Gasteiger partial charge < -0.3 is 61.1 Å². The zero-order chi connectivity index (χ0) is 43.0. The molecule has 30 heteroatoms. The Bertz CT molecular complexity index is 1870. The maximum absolute atomic E-state index is 12.7. The van der Waals surface area contributed by atoms with Gasteiger partial charge in [0.1, 0.15) is 36.3 Å². The number of amides is 2. The molecule has 0 spiro atoms. The summed E-state index contributed by atoms with van der Waals surface area (Å²) in [7, 11) is -16.4. The molecule has 0 saturated carbocycles. The number of imidazole rings is 1. The van der Waals surface area contributed by atoms with Crippen molar-refractivity contribution < 1.29 is 90.7 Å². The first-order valence-corrected chi connectivity index (χ1v) is 22.3. The van der Waals surface area contributed by atoms with Gasteiger partial charge in [-0.1, -0.05) is 13.8 Å². The Balaban J connectivity index is 1.46. The lowest BCUT2D eigenvalue weighted by molar-refractivity contribution is -0.142. The van der Waals surface area contributed by atoms with Gasteiger partial charge in [-0.2, -0.15) is 16.1 Å². The predicted octanol–water partition coefficient (Wildman–Crippen LogP) is -1.25. The third-order valence-electron chi connectivity index (χ3n) is 7.96. The van der Waals surface area contributed by atoms with E-state index in [1.807, 2.05) is 0 Å². The topological polar surface area (TPSA) is 404 Å². The summed E-state index contributed by atoms with van der Waals surface area (Å²) in [6.45, 7) is 1.90. The number of hydrogen-bond donors (Lipinski definition) is 11. The minimum atomic E-state index is -5.58. The molecule has 8 atom stereocenters. The van der Waals surface area contributed by atoms with Gasteiger partial charge in [-0.15, -0.1) is 0 Å². The van der Waals surface area contributed by atoms with Crippen LogP contribution >= 0.6 is 35.2 Å². The highest BCUT2D eigenvalue weighted by molar-refractivity contribution is 7.99. The van der Waals surface area contributed by atoms with Crippen LogP contribution in [0.1, 0.15) is 46.3 Å². The molecule has 12 N–H and O–H groups in total. The minimum Gasteiger partial charge on any atom is -0.481 e. The van der Waals surface area contributed by atoms with Crippen LogP contribution in [-0.2, 0) is 50.7 Å². The number of carbonyl (C=O) groups excluding carboxylic acids is 2. The Morgan fingerprint density at radius 2 is 1.70 bits per heavy atom. The van der Waals surface area contributed by atoms with Gasteiger partial charge >= 0.3 is 29.4 Å². The Morgan fingerprint density at radius 3 is 2.35 bits per heavy atom. The first-order valence-electron chi connectivity index (χ1n) is 16.6. The first-order chi connectivity index (χ1) is 26.2. The number of ether oxygens (including phenoxy) is 1. The van der Waals surface area contributed by atoms with Crippen LogP contribution in [0.3, 0.4) is 0 Å². The summed E-state index contributed by atoms with van der Waals surface area (Å²) in [6, 6.07) is 0. The van der Waals surface area contributed by atoms with E-state index in [9.17, 15) is 63.0 Å². The van der Waals surface area contributed by atoms with Crippen LogP contribution in [0.15, 0.2) is 12.7 Å². The molecule has 26 nitrogen and oxygen atoms in total. The number of nitrogens with two attached hydrogens (primary N) is 1. The summed E-state index contributed by atoms with van der Waals surface area (Å²) in [4.78, 5) is 86.3. The van der Waals surface area contributed by atoms with Crippen molar-refractivity contribution in [2.75, 3.05) is 43.5 Å². The number of phosphoric acid groups is 3. The Morgan fingerprint density at radius 1 is 1.04 bits per heavy atom. The van der Waals surface area contributed by atoms with E-state index in [0.29, 0.717) is 11.5 Å². The Kier molecular flexibility index (Phi) is 17.1. The van der Waals surface area contributed by atoms with Gasteiger partial charge in [0.2, 0.25) is 11.8 Å². The van der Waals surface area contributed by atoms with E-state index in [4.69, 9.17) is 24.6 Å². The third-order valence-corrected chi connectivity index (χ3v) is 12.0. The number of thioether (sulfide) groups is 1. The fourth-order valence-electron chi connectivity index (χ4n) is 5.01. The SMILES string of the molecule is CC(C)(COP(=O)(O)OP(=O)(O)OC[C@H]1O[C@@H](n2cnc3c(N)ncnc32)[C@H](O)[C@@H]1OP(=O)(O)O)[C@@H](O)C(=O)NCCC(=O)NCCSCC[C@](C)(O)CC(=O)O. The van der Waals surface area contributed by atoms with Gasteiger partial charge in [0.25, 0.3) is 0 Å². The standard InChI is InChI=1S/C27H46N7O19P3S/c1-26(2,21(39)24(40)30-6-4-16(35)29-7-9-57-8-5-27(3,41)10-17(36)37)12-50-56(47,48)53-55(45,46)49-11-15-20(52-54(42,43)44)19(38)25(51-15)34-14-33-18-22(28)31-13-32-23(18)34/h13-15,19-21,25,38-39,41H,4-12H2,1-3H3,(H,29,35)(H,30,40)(H,36,37)(H,45,46)(H,47,48)(H2,28,31,32)(H2,42,43,44)/t15-,19-,20-,21+,25-,27+/m1/s1. The molecular formula is C27H46N7O19P3S. The molecular weight excluding hydrogens is 851 g/mol. The monoisotopic (exact) mass is 897 g/mol. The van der Waals surface area contributed by atoms with Crippen molar-refractivity contribution in [2.45, 2.75) is 76.3 Å². The molecule has 57 heavy (non-hydrogen) atoms. The average molecular weight is 898 g/mol. The molecule has 2 aromatic heterocycles. The first kappa shape index (κ1) is 48.7. The summed E-state index contributed by atoms with van der Waals surface area (Å²) >= 11 is 1.39. The van der Waals surface area contributed by atoms with Crippen LogP contribution in [0.2, 0.25) is 0 Å². The van der Waals surface area contributed by atoms with Gasteiger partial charge in [-0.25, -0.2) is 28.6 Å². The largest absolute Gasteiger partial charge is 0.481 e. The number of anilines is 1. The molecule has 324 valence electrons. The number of phosphoric ester groups is 3.